The lowest BCUT2D eigenvalue weighted by atomic mass is 10.1. The van der Waals surface area contributed by atoms with E-state index in [1.807, 2.05) is 13.0 Å². The second-order valence-electron chi connectivity index (χ2n) is 6.13. The number of rotatable bonds is 8. The summed E-state index contributed by atoms with van der Waals surface area (Å²) in [7, 11) is 4.65. The van der Waals surface area contributed by atoms with Crippen molar-refractivity contribution in [2.75, 3.05) is 34.5 Å². The highest BCUT2D eigenvalue weighted by Gasteiger charge is 2.19. The molecule has 0 aliphatic carbocycles. The number of carbonyl (C=O) groups is 1. The molecule has 0 fully saturated rings. The van der Waals surface area contributed by atoms with Crippen molar-refractivity contribution in [3.05, 3.63) is 33.6 Å². The monoisotopic (exact) mass is 418 g/mol. The van der Waals surface area contributed by atoms with E-state index in [-0.39, 0.29) is 18.0 Å². The first-order valence-corrected chi connectivity index (χ1v) is 9.66. The predicted molar refractivity (Wildman–Crippen MR) is 110 cm³/mol. The number of hydrogen-bond acceptors (Lipinski definition) is 8. The van der Waals surface area contributed by atoms with Crippen molar-refractivity contribution < 1.29 is 19.0 Å². The van der Waals surface area contributed by atoms with Crippen LogP contribution in [0, 0.1) is 6.92 Å². The van der Waals surface area contributed by atoms with Crippen molar-refractivity contribution in [2.24, 2.45) is 0 Å². The van der Waals surface area contributed by atoms with E-state index in [2.05, 4.69) is 15.4 Å². The maximum atomic E-state index is 12.8. The molecule has 1 amide bonds. The highest BCUT2D eigenvalue weighted by atomic mass is 32.1. The lowest BCUT2D eigenvalue weighted by molar-refractivity contribution is -0.122. The summed E-state index contributed by atoms with van der Waals surface area (Å²) in [6, 6.07) is 5.37. The molecule has 1 N–H and O–H groups in total. The molecule has 29 heavy (non-hydrogen) atoms. The van der Waals surface area contributed by atoms with Crippen LogP contribution in [0.4, 0.5) is 0 Å². The fraction of sp³-hybridized carbons (Fsp3) is 0.368. The maximum absolute atomic E-state index is 12.8. The van der Waals surface area contributed by atoms with E-state index < -0.39 is 5.56 Å². The molecular formula is C19H22N4O5S. The van der Waals surface area contributed by atoms with E-state index in [4.69, 9.17) is 14.2 Å². The predicted octanol–water partition coefficient (Wildman–Crippen LogP) is 1.61. The minimum atomic E-state index is -0.407. The van der Waals surface area contributed by atoms with E-state index in [0.29, 0.717) is 35.0 Å². The average molecular weight is 418 g/mol. The van der Waals surface area contributed by atoms with E-state index in [1.165, 1.54) is 11.3 Å². The molecule has 10 heteroatoms. The molecule has 0 saturated carbocycles. The fourth-order valence-electron chi connectivity index (χ4n) is 2.83. The summed E-state index contributed by atoms with van der Waals surface area (Å²) in [5, 5.41) is 7.90. The van der Waals surface area contributed by atoms with Gasteiger partial charge in [-0.25, -0.2) is 9.67 Å². The summed E-state index contributed by atoms with van der Waals surface area (Å²) in [5.41, 5.74) is 1.16. The Morgan fingerprint density at radius 3 is 2.66 bits per heavy atom. The summed E-state index contributed by atoms with van der Waals surface area (Å²) in [4.78, 5) is 29.4. The van der Waals surface area contributed by atoms with Crippen LogP contribution in [0.15, 0.2) is 23.0 Å². The van der Waals surface area contributed by atoms with Crippen molar-refractivity contribution in [1.82, 2.24) is 20.1 Å². The number of aryl methyl sites for hydroxylation is 1. The van der Waals surface area contributed by atoms with Crippen LogP contribution in [0.3, 0.4) is 0 Å². The van der Waals surface area contributed by atoms with Gasteiger partial charge in [0.2, 0.25) is 5.91 Å². The zero-order chi connectivity index (χ0) is 21.0. The summed E-state index contributed by atoms with van der Waals surface area (Å²) >= 11 is 1.38. The molecule has 9 nitrogen and oxygen atoms in total. The topological polar surface area (TPSA) is 105 Å². The molecule has 2 aromatic heterocycles. The Hall–Kier alpha value is -2.98. The molecule has 0 aliphatic heterocycles. The second-order valence-corrected chi connectivity index (χ2v) is 7.34. The van der Waals surface area contributed by atoms with Crippen molar-refractivity contribution >= 4 is 27.5 Å². The molecule has 1 aromatic carbocycles. The van der Waals surface area contributed by atoms with Crippen LogP contribution < -0.4 is 20.3 Å². The minimum Gasteiger partial charge on any atom is -0.493 e. The van der Waals surface area contributed by atoms with Crippen LogP contribution in [-0.2, 0) is 16.1 Å². The first-order chi connectivity index (χ1) is 14.0. The molecule has 0 aliphatic rings. The van der Waals surface area contributed by atoms with Crippen LogP contribution in [-0.4, -0.2) is 55.2 Å². The van der Waals surface area contributed by atoms with E-state index >= 15 is 0 Å². The Labute approximate surface area is 171 Å². The Balaban J connectivity index is 2.08. The molecule has 0 bridgehead atoms. The standard InChI is InChI=1S/C19H22N4O5S/c1-11-21-17-18(29-11)16(12-5-6-13(27-3)14(9-12)28-4)22-23(19(17)25)10-15(24)20-7-8-26-2/h5-6,9H,7-8,10H2,1-4H3,(H,20,24). The van der Waals surface area contributed by atoms with E-state index in [0.717, 1.165) is 15.3 Å². The number of amides is 1. The highest BCUT2D eigenvalue weighted by Crippen LogP contribution is 2.35. The molecule has 0 radical (unpaired) electrons. The van der Waals surface area contributed by atoms with Crippen LogP contribution in [0.25, 0.3) is 21.5 Å². The molecular weight excluding hydrogens is 396 g/mol. The van der Waals surface area contributed by atoms with Gasteiger partial charge in [0.25, 0.3) is 5.56 Å². The van der Waals surface area contributed by atoms with Gasteiger partial charge in [0, 0.05) is 19.2 Å². The van der Waals surface area contributed by atoms with Gasteiger partial charge in [-0.2, -0.15) is 5.10 Å². The largest absolute Gasteiger partial charge is 0.493 e. The van der Waals surface area contributed by atoms with Crippen molar-refractivity contribution in [1.29, 1.82) is 0 Å². The van der Waals surface area contributed by atoms with Gasteiger partial charge in [0.15, 0.2) is 17.0 Å². The first-order valence-electron chi connectivity index (χ1n) is 8.84. The van der Waals surface area contributed by atoms with Gasteiger partial charge in [-0.3, -0.25) is 9.59 Å². The van der Waals surface area contributed by atoms with Crippen LogP contribution in [0.5, 0.6) is 11.5 Å². The Morgan fingerprint density at radius 1 is 1.21 bits per heavy atom. The third-order valence-corrected chi connectivity index (χ3v) is 5.16. The number of nitrogens with zero attached hydrogens (tertiary/aromatic N) is 3. The lowest BCUT2D eigenvalue weighted by Crippen LogP contribution is -2.35. The van der Waals surface area contributed by atoms with Crippen LogP contribution in [0.1, 0.15) is 5.01 Å². The summed E-state index contributed by atoms with van der Waals surface area (Å²) in [6.07, 6.45) is 0. The number of benzene rings is 1. The first kappa shape index (κ1) is 20.7. The third kappa shape index (κ3) is 4.38. The molecule has 2 heterocycles. The molecule has 3 rings (SSSR count). The summed E-state index contributed by atoms with van der Waals surface area (Å²) in [6.45, 7) is 2.35. The number of fused-ring (bicyclic) bond motifs is 1. The molecule has 3 aromatic rings. The number of methoxy groups -OCH3 is 3. The quantitative estimate of drug-likeness (QED) is 0.554. The highest BCUT2D eigenvalue weighted by molar-refractivity contribution is 7.19. The van der Waals surface area contributed by atoms with Crippen LogP contribution in [0.2, 0.25) is 0 Å². The summed E-state index contributed by atoms with van der Waals surface area (Å²) in [5.74, 6) is 0.788. The smallest absolute Gasteiger partial charge is 0.294 e. The van der Waals surface area contributed by atoms with Gasteiger partial charge in [0.1, 0.15) is 12.2 Å². The normalized spacial score (nSPS) is 10.9. The maximum Gasteiger partial charge on any atom is 0.294 e. The zero-order valence-corrected chi connectivity index (χ0v) is 17.5. The molecule has 0 saturated heterocycles. The number of thiazole rings is 1. The van der Waals surface area contributed by atoms with Gasteiger partial charge in [-0.1, -0.05) is 0 Å². The Kier molecular flexibility index (Phi) is 6.45. The van der Waals surface area contributed by atoms with Crippen molar-refractivity contribution in [3.63, 3.8) is 0 Å². The number of hydrogen-bond donors (Lipinski definition) is 1. The van der Waals surface area contributed by atoms with E-state index in [9.17, 15) is 9.59 Å². The van der Waals surface area contributed by atoms with Gasteiger partial charge >= 0.3 is 0 Å². The Morgan fingerprint density at radius 2 is 1.97 bits per heavy atom. The SMILES string of the molecule is COCCNC(=O)Cn1nc(-c2ccc(OC)c(OC)c2)c2sc(C)nc2c1=O. The van der Waals surface area contributed by atoms with Gasteiger partial charge in [0.05, 0.1) is 30.5 Å². The number of ether oxygens (including phenoxy) is 3. The number of carbonyl (C=O) groups excluding carboxylic acids is 1. The van der Waals surface area contributed by atoms with Crippen molar-refractivity contribution in [3.8, 4) is 22.8 Å². The van der Waals surface area contributed by atoms with Gasteiger partial charge in [-0.05, 0) is 25.1 Å². The molecule has 154 valence electrons. The zero-order valence-electron chi connectivity index (χ0n) is 16.6. The average Bonchev–Trinajstić information content (AvgIpc) is 3.11. The molecule has 0 spiro atoms. The van der Waals surface area contributed by atoms with Crippen molar-refractivity contribution in [2.45, 2.75) is 13.5 Å². The third-order valence-electron chi connectivity index (χ3n) is 4.19. The van der Waals surface area contributed by atoms with Gasteiger partial charge in [-0.15, -0.1) is 11.3 Å². The number of aromatic nitrogens is 3. The van der Waals surface area contributed by atoms with E-state index in [1.54, 1.807) is 33.5 Å². The molecule has 0 unspecified atom stereocenters. The minimum absolute atomic E-state index is 0.213. The van der Waals surface area contributed by atoms with Gasteiger partial charge < -0.3 is 19.5 Å². The Bertz CT molecular complexity index is 1090. The number of nitrogens with one attached hydrogen (secondary N) is 1. The summed E-state index contributed by atoms with van der Waals surface area (Å²) < 4.78 is 17.4. The molecule has 0 atom stereocenters. The fourth-order valence-corrected chi connectivity index (χ4v) is 3.75. The second kappa shape index (κ2) is 9.01. The lowest BCUT2D eigenvalue weighted by Gasteiger charge is -2.11. The van der Waals surface area contributed by atoms with Crippen LogP contribution >= 0.6 is 11.3 Å².